The summed E-state index contributed by atoms with van der Waals surface area (Å²) in [6.45, 7) is 6.87. The molecule has 1 fully saturated rings. The van der Waals surface area contributed by atoms with Crippen LogP contribution in [0, 0.1) is 26.7 Å². The highest BCUT2D eigenvalue weighted by Crippen LogP contribution is 2.22. The van der Waals surface area contributed by atoms with Crippen molar-refractivity contribution in [3.8, 4) is 0 Å². The molecule has 0 bridgehead atoms. The Morgan fingerprint density at radius 2 is 1.76 bits per heavy atom. The number of amides is 3. The van der Waals surface area contributed by atoms with Crippen molar-refractivity contribution in [2.45, 2.75) is 33.6 Å². The van der Waals surface area contributed by atoms with Gasteiger partial charge in [-0.15, -0.1) is 0 Å². The van der Waals surface area contributed by atoms with Gasteiger partial charge in [-0.25, -0.2) is 0 Å². The summed E-state index contributed by atoms with van der Waals surface area (Å²) in [6.07, 6.45) is 4.05. The van der Waals surface area contributed by atoms with Crippen LogP contribution in [-0.4, -0.2) is 42.3 Å². The van der Waals surface area contributed by atoms with Gasteiger partial charge in [0.2, 0.25) is 11.8 Å². The average Bonchev–Trinajstić information content (AvgIpc) is 3.23. The van der Waals surface area contributed by atoms with E-state index in [0.717, 1.165) is 22.4 Å². The smallest absolute Gasteiger partial charge is 0.257 e. The fourth-order valence-electron chi connectivity index (χ4n) is 3.79. The Bertz CT molecular complexity index is 874. The highest BCUT2D eigenvalue weighted by atomic mass is 16.3. The molecule has 3 amide bonds. The van der Waals surface area contributed by atoms with Crippen LogP contribution in [0.2, 0.25) is 0 Å². The highest BCUT2D eigenvalue weighted by Gasteiger charge is 2.28. The van der Waals surface area contributed by atoms with Gasteiger partial charge in [-0.1, -0.05) is 17.7 Å². The van der Waals surface area contributed by atoms with Crippen molar-refractivity contribution >= 4 is 23.4 Å². The molecule has 1 aliphatic rings. The molecule has 1 saturated heterocycles. The normalized spacial score (nSPS) is 14.5. The molecule has 0 atom stereocenters. The van der Waals surface area contributed by atoms with Crippen molar-refractivity contribution < 1.29 is 18.8 Å². The molecule has 0 aliphatic carbocycles. The van der Waals surface area contributed by atoms with E-state index < -0.39 is 0 Å². The Morgan fingerprint density at radius 3 is 2.34 bits per heavy atom. The van der Waals surface area contributed by atoms with Gasteiger partial charge in [0.15, 0.2) is 0 Å². The van der Waals surface area contributed by atoms with Crippen molar-refractivity contribution in [1.29, 1.82) is 0 Å². The lowest BCUT2D eigenvalue weighted by Gasteiger charge is -2.31. The Balaban J connectivity index is 1.45. The lowest BCUT2D eigenvalue weighted by Crippen LogP contribution is -2.44. The van der Waals surface area contributed by atoms with Crippen molar-refractivity contribution in [2.75, 3.05) is 25.0 Å². The Kier molecular flexibility index (Phi) is 6.36. The first-order chi connectivity index (χ1) is 13.8. The number of likely N-dealkylation sites (tertiary alicyclic amines) is 1. The monoisotopic (exact) mass is 397 g/mol. The summed E-state index contributed by atoms with van der Waals surface area (Å²) in [5.74, 6) is -0.672. The first-order valence-electron chi connectivity index (χ1n) is 9.82. The summed E-state index contributed by atoms with van der Waals surface area (Å²) in [7, 11) is 0. The second kappa shape index (κ2) is 8.94. The van der Waals surface area contributed by atoms with Crippen LogP contribution in [0.5, 0.6) is 0 Å². The van der Waals surface area contributed by atoms with Crippen molar-refractivity contribution in [2.24, 2.45) is 5.92 Å². The molecule has 2 N–H and O–H groups in total. The fourth-order valence-corrected chi connectivity index (χ4v) is 3.79. The SMILES string of the molecule is Cc1cc(C)c(NC(=O)CNC(=O)C2CCN(C(=O)c3ccoc3)CC2)c(C)c1. The number of nitrogens with one attached hydrogen (secondary N) is 2. The van der Waals surface area contributed by atoms with Crippen LogP contribution in [0.1, 0.15) is 39.9 Å². The van der Waals surface area contributed by atoms with Gasteiger partial charge < -0.3 is 20.0 Å². The number of nitrogens with zero attached hydrogens (tertiary/aromatic N) is 1. The summed E-state index contributed by atoms with van der Waals surface area (Å²) in [5, 5.41) is 5.61. The van der Waals surface area contributed by atoms with E-state index in [2.05, 4.69) is 10.6 Å². The van der Waals surface area contributed by atoms with E-state index in [-0.39, 0.29) is 30.2 Å². The first-order valence-corrected chi connectivity index (χ1v) is 9.82. The third-order valence-corrected chi connectivity index (χ3v) is 5.29. The molecule has 0 radical (unpaired) electrons. The largest absolute Gasteiger partial charge is 0.472 e. The zero-order valence-corrected chi connectivity index (χ0v) is 17.1. The van der Waals surface area contributed by atoms with Gasteiger partial charge in [-0.2, -0.15) is 0 Å². The van der Waals surface area contributed by atoms with E-state index in [1.807, 2.05) is 32.9 Å². The summed E-state index contributed by atoms with van der Waals surface area (Å²) in [6, 6.07) is 5.66. The molecule has 3 rings (SSSR count). The van der Waals surface area contributed by atoms with Crippen LogP contribution in [0.15, 0.2) is 35.1 Å². The predicted octanol–water partition coefficient (Wildman–Crippen LogP) is 2.81. The summed E-state index contributed by atoms with van der Waals surface area (Å²) in [5.41, 5.74) is 4.45. The van der Waals surface area contributed by atoms with Gasteiger partial charge >= 0.3 is 0 Å². The second-order valence-corrected chi connectivity index (χ2v) is 7.62. The van der Waals surface area contributed by atoms with Gasteiger partial charge in [-0.05, 0) is 50.8 Å². The molecule has 0 saturated carbocycles. The van der Waals surface area contributed by atoms with Crippen LogP contribution < -0.4 is 10.6 Å². The minimum atomic E-state index is -0.249. The van der Waals surface area contributed by atoms with Crippen LogP contribution in [0.4, 0.5) is 5.69 Å². The lowest BCUT2D eigenvalue weighted by molar-refractivity contribution is -0.128. The molecule has 7 nitrogen and oxygen atoms in total. The molecule has 2 aromatic rings. The number of hydrogen-bond acceptors (Lipinski definition) is 4. The number of furan rings is 1. The van der Waals surface area contributed by atoms with Crippen molar-refractivity contribution in [3.63, 3.8) is 0 Å². The molecule has 1 aromatic heterocycles. The summed E-state index contributed by atoms with van der Waals surface area (Å²) in [4.78, 5) is 38.7. The molecule has 0 unspecified atom stereocenters. The molecule has 0 spiro atoms. The number of rotatable bonds is 5. The maximum Gasteiger partial charge on any atom is 0.257 e. The first kappa shape index (κ1) is 20.6. The number of aryl methyl sites for hydroxylation is 3. The summed E-state index contributed by atoms with van der Waals surface area (Å²) >= 11 is 0. The van der Waals surface area contributed by atoms with Gasteiger partial charge in [-0.3, -0.25) is 14.4 Å². The number of piperidine rings is 1. The standard InChI is InChI=1S/C22H27N3O4/c1-14-10-15(2)20(16(3)11-14)24-19(26)12-23-21(27)17-4-7-25(8-5-17)22(28)18-6-9-29-13-18/h6,9-11,13,17H,4-5,7-8,12H2,1-3H3,(H,23,27)(H,24,26). The molecule has 1 aromatic carbocycles. The molecule has 154 valence electrons. The van der Waals surface area contributed by atoms with E-state index in [1.165, 1.54) is 12.5 Å². The zero-order chi connectivity index (χ0) is 21.0. The number of carbonyl (C=O) groups excluding carboxylic acids is 3. The average molecular weight is 397 g/mol. The third-order valence-electron chi connectivity index (χ3n) is 5.29. The molecular formula is C22H27N3O4. The van der Waals surface area contributed by atoms with E-state index >= 15 is 0 Å². The Labute approximate surface area is 170 Å². The molecule has 1 aliphatic heterocycles. The van der Waals surface area contributed by atoms with E-state index in [4.69, 9.17) is 4.42 Å². The van der Waals surface area contributed by atoms with E-state index in [9.17, 15) is 14.4 Å². The number of benzene rings is 1. The van der Waals surface area contributed by atoms with E-state index in [0.29, 0.717) is 31.5 Å². The van der Waals surface area contributed by atoms with Gasteiger partial charge in [0.05, 0.1) is 18.4 Å². The van der Waals surface area contributed by atoms with Crippen LogP contribution in [-0.2, 0) is 9.59 Å². The number of hydrogen-bond donors (Lipinski definition) is 2. The van der Waals surface area contributed by atoms with Gasteiger partial charge in [0, 0.05) is 24.7 Å². The maximum atomic E-state index is 12.4. The zero-order valence-electron chi connectivity index (χ0n) is 17.1. The van der Waals surface area contributed by atoms with E-state index in [1.54, 1.807) is 11.0 Å². The highest BCUT2D eigenvalue weighted by molar-refractivity contribution is 5.96. The minimum absolute atomic E-state index is 0.0697. The molecule has 2 heterocycles. The third kappa shape index (κ3) is 5.04. The number of carbonyl (C=O) groups is 3. The fraction of sp³-hybridized carbons (Fsp3) is 0.409. The summed E-state index contributed by atoms with van der Waals surface area (Å²) < 4.78 is 4.95. The quantitative estimate of drug-likeness (QED) is 0.812. The molecular weight excluding hydrogens is 370 g/mol. The lowest BCUT2D eigenvalue weighted by atomic mass is 9.95. The van der Waals surface area contributed by atoms with Gasteiger partial charge in [0.25, 0.3) is 5.91 Å². The number of anilines is 1. The Hall–Kier alpha value is -3.09. The van der Waals surface area contributed by atoms with Crippen LogP contribution in [0.25, 0.3) is 0 Å². The topological polar surface area (TPSA) is 91.7 Å². The van der Waals surface area contributed by atoms with Crippen LogP contribution in [0.3, 0.4) is 0 Å². The van der Waals surface area contributed by atoms with Crippen molar-refractivity contribution in [1.82, 2.24) is 10.2 Å². The van der Waals surface area contributed by atoms with Crippen LogP contribution >= 0.6 is 0 Å². The molecule has 29 heavy (non-hydrogen) atoms. The molecule has 7 heteroatoms. The Morgan fingerprint density at radius 1 is 1.10 bits per heavy atom. The maximum absolute atomic E-state index is 12.4. The van der Waals surface area contributed by atoms with Crippen molar-refractivity contribution in [3.05, 3.63) is 53.0 Å². The van der Waals surface area contributed by atoms with Gasteiger partial charge in [0.1, 0.15) is 6.26 Å². The predicted molar refractivity (Wildman–Crippen MR) is 110 cm³/mol. The second-order valence-electron chi connectivity index (χ2n) is 7.62. The minimum Gasteiger partial charge on any atom is -0.472 e.